The molecule has 0 unspecified atom stereocenters. The van der Waals surface area contributed by atoms with Crippen molar-refractivity contribution < 1.29 is 14.4 Å². The number of urea groups is 1. The quantitative estimate of drug-likeness (QED) is 0.838. The molecule has 0 bridgehead atoms. The number of imide groups is 1. The number of likely N-dealkylation sites (N-methyl/N-ethyl adjacent to an activating group) is 1. The fourth-order valence-electron chi connectivity index (χ4n) is 3.46. The van der Waals surface area contributed by atoms with Gasteiger partial charge >= 0.3 is 6.03 Å². The average Bonchev–Trinajstić information content (AvgIpc) is 2.81. The summed E-state index contributed by atoms with van der Waals surface area (Å²) in [6.07, 6.45) is 3.90. The Morgan fingerprint density at radius 3 is 2.83 bits per heavy atom. The van der Waals surface area contributed by atoms with Gasteiger partial charge in [-0.05, 0) is 36.8 Å². The SMILES string of the molecule is CN1CC(=O)N(CCCC(=O)N[C@@H]2CCCc3ccccc32)C1=O. The maximum atomic E-state index is 12.2. The van der Waals surface area contributed by atoms with Crippen LogP contribution in [0.1, 0.15) is 42.9 Å². The normalized spacial score (nSPS) is 20.3. The van der Waals surface area contributed by atoms with Crippen LogP contribution in [-0.4, -0.2) is 47.8 Å². The maximum Gasteiger partial charge on any atom is 0.326 e. The van der Waals surface area contributed by atoms with Crippen molar-refractivity contribution >= 4 is 17.8 Å². The van der Waals surface area contributed by atoms with Crippen LogP contribution in [0.5, 0.6) is 0 Å². The molecule has 24 heavy (non-hydrogen) atoms. The Labute approximate surface area is 141 Å². The molecule has 1 atom stereocenters. The van der Waals surface area contributed by atoms with Crippen LogP contribution in [-0.2, 0) is 16.0 Å². The molecule has 3 rings (SSSR count). The van der Waals surface area contributed by atoms with E-state index in [1.54, 1.807) is 7.05 Å². The Morgan fingerprint density at radius 2 is 2.08 bits per heavy atom. The molecule has 1 aromatic carbocycles. The molecular weight excluding hydrogens is 306 g/mol. The van der Waals surface area contributed by atoms with Crippen molar-refractivity contribution in [2.24, 2.45) is 0 Å². The van der Waals surface area contributed by atoms with Crippen molar-refractivity contribution in [3.05, 3.63) is 35.4 Å². The molecule has 1 aliphatic heterocycles. The van der Waals surface area contributed by atoms with Gasteiger partial charge in [-0.2, -0.15) is 0 Å². The van der Waals surface area contributed by atoms with Crippen molar-refractivity contribution in [3.8, 4) is 0 Å². The molecule has 128 valence electrons. The fourth-order valence-corrected chi connectivity index (χ4v) is 3.46. The Bertz CT molecular complexity index is 659. The summed E-state index contributed by atoms with van der Waals surface area (Å²) in [5, 5.41) is 3.09. The zero-order valence-corrected chi connectivity index (χ0v) is 14.0. The lowest BCUT2D eigenvalue weighted by molar-refractivity contribution is -0.126. The number of rotatable bonds is 5. The third-order valence-corrected chi connectivity index (χ3v) is 4.72. The van der Waals surface area contributed by atoms with E-state index in [9.17, 15) is 14.4 Å². The van der Waals surface area contributed by atoms with Crippen LogP contribution in [0.4, 0.5) is 4.79 Å². The van der Waals surface area contributed by atoms with Crippen LogP contribution < -0.4 is 5.32 Å². The highest BCUT2D eigenvalue weighted by Crippen LogP contribution is 2.29. The lowest BCUT2D eigenvalue weighted by Gasteiger charge is -2.26. The molecule has 0 saturated carbocycles. The summed E-state index contributed by atoms with van der Waals surface area (Å²) in [5.74, 6) is -0.215. The van der Waals surface area contributed by atoms with Crippen LogP contribution >= 0.6 is 0 Å². The Kier molecular flexibility index (Phi) is 4.83. The first-order valence-electron chi connectivity index (χ1n) is 8.49. The average molecular weight is 329 g/mol. The van der Waals surface area contributed by atoms with Gasteiger partial charge in [0.15, 0.2) is 0 Å². The summed E-state index contributed by atoms with van der Waals surface area (Å²) in [6, 6.07) is 8.03. The van der Waals surface area contributed by atoms with Gasteiger partial charge in [0.25, 0.3) is 0 Å². The summed E-state index contributed by atoms with van der Waals surface area (Å²) in [6.45, 7) is 0.431. The molecule has 1 N–H and O–H groups in total. The van der Waals surface area contributed by atoms with Gasteiger partial charge in [0.05, 0.1) is 6.04 Å². The van der Waals surface area contributed by atoms with Crippen LogP contribution in [0.3, 0.4) is 0 Å². The van der Waals surface area contributed by atoms with E-state index >= 15 is 0 Å². The van der Waals surface area contributed by atoms with E-state index < -0.39 is 0 Å². The zero-order chi connectivity index (χ0) is 17.1. The molecule has 1 heterocycles. The van der Waals surface area contributed by atoms with E-state index in [4.69, 9.17) is 0 Å². The molecule has 0 radical (unpaired) electrons. The van der Waals surface area contributed by atoms with Crippen LogP contribution in [0, 0.1) is 0 Å². The number of carbonyl (C=O) groups is 3. The van der Waals surface area contributed by atoms with E-state index in [2.05, 4.69) is 17.4 Å². The van der Waals surface area contributed by atoms with Crippen molar-refractivity contribution in [1.29, 1.82) is 0 Å². The largest absolute Gasteiger partial charge is 0.349 e. The van der Waals surface area contributed by atoms with Crippen molar-refractivity contribution in [3.63, 3.8) is 0 Å². The second-order valence-electron chi connectivity index (χ2n) is 6.50. The lowest BCUT2D eigenvalue weighted by atomic mass is 9.87. The first-order chi connectivity index (χ1) is 11.6. The minimum Gasteiger partial charge on any atom is -0.349 e. The molecule has 1 aromatic rings. The summed E-state index contributed by atoms with van der Waals surface area (Å²) in [4.78, 5) is 38.3. The minimum atomic E-state index is -0.276. The highest BCUT2D eigenvalue weighted by molar-refractivity contribution is 6.01. The fraction of sp³-hybridized carbons (Fsp3) is 0.500. The predicted octanol–water partition coefficient (Wildman–Crippen LogP) is 1.85. The molecule has 6 nitrogen and oxygen atoms in total. The summed E-state index contributed by atoms with van der Waals surface area (Å²) < 4.78 is 0. The number of nitrogens with one attached hydrogen (secondary N) is 1. The number of carbonyl (C=O) groups excluding carboxylic acids is 3. The third-order valence-electron chi connectivity index (χ3n) is 4.72. The highest BCUT2D eigenvalue weighted by Gasteiger charge is 2.33. The molecular formula is C18H23N3O3. The summed E-state index contributed by atoms with van der Waals surface area (Å²) >= 11 is 0. The van der Waals surface area contributed by atoms with Gasteiger partial charge in [0, 0.05) is 20.0 Å². The van der Waals surface area contributed by atoms with Gasteiger partial charge in [-0.1, -0.05) is 24.3 Å². The molecule has 0 spiro atoms. The Morgan fingerprint density at radius 1 is 1.29 bits per heavy atom. The summed E-state index contributed by atoms with van der Waals surface area (Å²) in [5.41, 5.74) is 2.52. The van der Waals surface area contributed by atoms with Gasteiger partial charge < -0.3 is 10.2 Å². The van der Waals surface area contributed by atoms with E-state index in [1.807, 2.05) is 12.1 Å². The van der Waals surface area contributed by atoms with Gasteiger partial charge in [0.1, 0.15) is 6.54 Å². The van der Waals surface area contributed by atoms with E-state index in [1.165, 1.54) is 20.9 Å². The number of hydrogen-bond donors (Lipinski definition) is 1. The van der Waals surface area contributed by atoms with Gasteiger partial charge in [-0.3, -0.25) is 14.5 Å². The number of nitrogens with zero attached hydrogens (tertiary/aromatic N) is 2. The second kappa shape index (κ2) is 7.03. The van der Waals surface area contributed by atoms with Crippen LogP contribution in [0.15, 0.2) is 24.3 Å². The maximum absolute atomic E-state index is 12.2. The highest BCUT2D eigenvalue weighted by atomic mass is 16.2. The molecule has 2 aliphatic rings. The molecule has 4 amide bonds. The molecule has 1 saturated heterocycles. The smallest absolute Gasteiger partial charge is 0.326 e. The van der Waals surface area contributed by atoms with E-state index in [0.717, 1.165) is 19.3 Å². The number of hydrogen-bond acceptors (Lipinski definition) is 3. The van der Waals surface area contributed by atoms with E-state index in [-0.39, 0.29) is 30.4 Å². The van der Waals surface area contributed by atoms with E-state index in [0.29, 0.717) is 19.4 Å². The standard InChI is InChI=1S/C18H23N3O3/c1-20-12-17(23)21(18(20)24)11-5-10-16(22)19-15-9-4-7-13-6-2-3-8-14(13)15/h2-3,6,8,15H,4-5,7,9-12H2,1H3,(H,19,22)/t15-/m1/s1. The van der Waals surface area contributed by atoms with Crippen molar-refractivity contribution in [2.75, 3.05) is 20.1 Å². The number of fused-ring (bicyclic) bond motifs is 1. The molecule has 0 aromatic heterocycles. The van der Waals surface area contributed by atoms with Crippen molar-refractivity contribution in [1.82, 2.24) is 15.1 Å². The number of benzene rings is 1. The second-order valence-corrected chi connectivity index (χ2v) is 6.50. The topological polar surface area (TPSA) is 69.7 Å². The Hall–Kier alpha value is -2.37. The number of aryl methyl sites for hydroxylation is 1. The zero-order valence-electron chi connectivity index (χ0n) is 14.0. The molecule has 6 heteroatoms. The minimum absolute atomic E-state index is 0.0239. The van der Waals surface area contributed by atoms with Gasteiger partial charge in [0.2, 0.25) is 11.8 Å². The summed E-state index contributed by atoms with van der Waals surface area (Å²) in [7, 11) is 1.60. The Balaban J connectivity index is 1.49. The molecule has 1 aliphatic carbocycles. The monoisotopic (exact) mass is 329 g/mol. The van der Waals surface area contributed by atoms with Crippen LogP contribution in [0.25, 0.3) is 0 Å². The van der Waals surface area contributed by atoms with Gasteiger partial charge in [-0.15, -0.1) is 0 Å². The third kappa shape index (κ3) is 3.42. The predicted molar refractivity (Wildman–Crippen MR) is 89.2 cm³/mol. The first kappa shape index (κ1) is 16.5. The number of amides is 4. The first-order valence-corrected chi connectivity index (χ1v) is 8.49. The van der Waals surface area contributed by atoms with Gasteiger partial charge in [-0.25, -0.2) is 4.79 Å². The van der Waals surface area contributed by atoms with Crippen molar-refractivity contribution in [2.45, 2.75) is 38.1 Å². The molecule has 1 fully saturated rings. The van der Waals surface area contributed by atoms with Crippen LogP contribution in [0.2, 0.25) is 0 Å². The lowest BCUT2D eigenvalue weighted by Crippen LogP contribution is -2.34.